The van der Waals surface area contributed by atoms with E-state index in [0.717, 1.165) is 6.42 Å². The fraction of sp³-hybridized carbons (Fsp3) is 0.370. The summed E-state index contributed by atoms with van der Waals surface area (Å²) < 4.78 is 7.07. The van der Waals surface area contributed by atoms with Crippen molar-refractivity contribution in [1.29, 1.82) is 0 Å². The Morgan fingerprint density at radius 2 is 1.73 bits per heavy atom. The van der Waals surface area contributed by atoms with Gasteiger partial charge in [-0.25, -0.2) is 4.79 Å². The Bertz CT molecular complexity index is 1210. The number of nitrogens with one attached hydrogen (secondary N) is 2. The number of thioether (sulfide) groups is 1. The van der Waals surface area contributed by atoms with Crippen LogP contribution in [-0.4, -0.2) is 44.9 Å². The number of anilines is 1. The van der Waals surface area contributed by atoms with Crippen molar-refractivity contribution < 1.29 is 19.1 Å². The molecule has 0 radical (unpaired) electrons. The minimum Gasteiger partial charge on any atom is -0.462 e. The zero-order valence-electron chi connectivity index (χ0n) is 21.6. The highest BCUT2D eigenvalue weighted by molar-refractivity contribution is 7.99. The number of carbonyl (C=O) groups excluding carboxylic acids is 3. The fourth-order valence-corrected chi connectivity index (χ4v) is 4.42. The van der Waals surface area contributed by atoms with E-state index >= 15 is 0 Å². The SMILES string of the molecule is CCCOC(=O)c1cccc(NC(=O)CSc2nnc([C@H](NC(=O)c3ccccc3)C(C)C)n2CC)c1. The zero-order chi connectivity index (χ0) is 26.8. The summed E-state index contributed by atoms with van der Waals surface area (Å²) in [5.74, 6) is -0.0308. The van der Waals surface area contributed by atoms with Crippen LogP contribution in [0.3, 0.4) is 0 Å². The van der Waals surface area contributed by atoms with E-state index in [2.05, 4.69) is 20.8 Å². The second-order valence-electron chi connectivity index (χ2n) is 8.70. The van der Waals surface area contributed by atoms with E-state index in [0.29, 0.717) is 40.9 Å². The highest BCUT2D eigenvalue weighted by atomic mass is 32.2. The van der Waals surface area contributed by atoms with Gasteiger partial charge in [0, 0.05) is 17.8 Å². The van der Waals surface area contributed by atoms with Gasteiger partial charge in [0.1, 0.15) is 0 Å². The van der Waals surface area contributed by atoms with Crippen molar-refractivity contribution in [2.45, 2.75) is 51.9 Å². The summed E-state index contributed by atoms with van der Waals surface area (Å²) in [5, 5.41) is 15.1. The Hall–Kier alpha value is -3.66. The molecule has 37 heavy (non-hydrogen) atoms. The first-order valence-corrected chi connectivity index (χ1v) is 13.3. The molecule has 1 heterocycles. The van der Waals surface area contributed by atoms with Crippen LogP contribution < -0.4 is 10.6 Å². The van der Waals surface area contributed by atoms with Crippen LogP contribution in [-0.2, 0) is 16.1 Å². The summed E-state index contributed by atoms with van der Waals surface area (Å²) in [6.07, 6.45) is 0.737. The minimum atomic E-state index is -0.421. The lowest BCUT2D eigenvalue weighted by Crippen LogP contribution is -2.33. The van der Waals surface area contributed by atoms with Crippen molar-refractivity contribution in [3.8, 4) is 0 Å². The molecule has 2 amide bonds. The number of hydrogen-bond acceptors (Lipinski definition) is 7. The van der Waals surface area contributed by atoms with E-state index in [9.17, 15) is 14.4 Å². The lowest BCUT2D eigenvalue weighted by molar-refractivity contribution is -0.113. The molecule has 3 rings (SSSR count). The predicted molar refractivity (Wildman–Crippen MR) is 144 cm³/mol. The molecule has 0 fully saturated rings. The van der Waals surface area contributed by atoms with Gasteiger partial charge in [0.25, 0.3) is 5.91 Å². The van der Waals surface area contributed by atoms with Gasteiger partial charge in [-0.2, -0.15) is 0 Å². The van der Waals surface area contributed by atoms with E-state index < -0.39 is 5.97 Å². The van der Waals surface area contributed by atoms with Crippen LogP contribution in [0.1, 0.15) is 66.7 Å². The summed E-state index contributed by atoms with van der Waals surface area (Å²) in [7, 11) is 0. The summed E-state index contributed by atoms with van der Waals surface area (Å²) in [5.41, 5.74) is 1.47. The van der Waals surface area contributed by atoms with Crippen LogP contribution in [0.15, 0.2) is 59.8 Å². The monoisotopic (exact) mass is 523 g/mol. The van der Waals surface area contributed by atoms with Crippen LogP contribution in [0.5, 0.6) is 0 Å². The summed E-state index contributed by atoms with van der Waals surface area (Å²) in [6.45, 7) is 8.84. The molecule has 0 aliphatic carbocycles. The first-order valence-electron chi connectivity index (χ1n) is 12.3. The minimum absolute atomic E-state index is 0.0691. The number of esters is 1. The normalized spacial score (nSPS) is 11.7. The number of aromatic nitrogens is 3. The number of ether oxygens (including phenoxy) is 1. The molecule has 1 atom stereocenters. The second-order valence-corrected chi connectivity index (χ2v) is 9.64. The number of hydrogen-bond donors (Lipinski definition) is 2. The second kappa shape index (κ2) is 13.6. The smallest absolute Gasteiger partial charge is 0.338 e. The van der Waals surface area contributed by atoms with Gasteiger partial charge in [0.2, 0.25) is 5.91 Å². The molecule has 0 unspecified atom stereocenters. The maximum absolute atomic E-state index is 12.8. The molecule has 0 aliphatic rings. The zero-order valence-corrected chi connectivity index (χ0v) is 22.4. The quantitative estimate of drug-likeness (QED) is 0.261. The van der Waals surface area contributed by atoms with Gasteiger partial charge in [0.05, 0.1) is 24.0 Å². The van der Waals surface area contributed by atoms with Crippen molar-refractivity contribution >= 4 is 35.2 Å². The van der Waals surface area contributed by atoms with E-state index in [4.69, 9.17) is 4.74 Å². The third-order valence-electron chi connectivity index (χ3n) is 5.48. The summed E-state index contributed by atoms with van der Waals surface area (Å²) in [4.78, 5) is 37.5. The number of amides is 2. The standard InChI is InChI=1S/C27H33N5O4S/c1-5-15-36-26(35)20-13-10-14-21(16-20)28-22(33)17-37-27-31-30-24(32(27)6-2)23(18(3)4)29-25(34)19-11-8-7-9-12-19/h7-14,16,18,23H,5-6,15,17H2,1-4H3,(H,28,33)(H,29,34)/t23-/m1/s1. The molecule has 196 valence electrons. The van der Waals surface area contributed by atoms with E-state index in [1.807, 2.05) is 50.5 Å². The van der Waals surface area contributed by atoms with E-state index in [1.54, 1.807) is 36.4 Å². The Kier molecular flexibility index (Phi) is 10.3. The summed E-state index contributed by atoms with van der Waals surface area (Å²) >= 11 is 1.26. The highest BCUT2D eigenvalue weighted by Crippen LogP contribution is 2.26. The molecule has 0 aliphatic heterocycles. The Morgan fingerprint density at radius 1 is 1.00 bits per heavy atom. The molecule has 2 aromatic carbocycles. The van der Waals surface area contributed by atoms with Crippen LogP contribution in [0.4, 0.5) is 5.69 Å². The average Bonchev–Trinajstić information content (AvgIpc) is 3.31. The van der Waals surface area contributed by atoms with Crippen molar-refractivity contribution in [3.63, 3.8) is 0 Å². The van der Waals surface area contributed by atoms with Crippen molar-refractivity contribution in [1.82, 2.24) is 20.1 Å². The number of benzene rings is 2. The van der Waals surface area contributed by atoms with Gasteiger partial charge in [-0.15, -0.1) is 10.2 Å². The first-order chi connectivity index (χ1) is 17.8. The largest absolute Gasteiger partial charge is 0.462 e. The molecule has 2 N–H and O–H groups in total. The molecular weight excluding hydrogens is 490 g/mol. The molecule has 0 saturated heterocycles. The van der Waals surface area contributed by atoms with E-state index in [-0.39, 0.29) is 29.5 Å². The molecule has 0 spiro atoms. The van der Waals surface area contributed by atoms with Gasteiger partial charge >= 0.3 is 5.97 Å². The van der Waals surface area contributed by atoms with Gasteiger partial charge in [-0.1, -0.05) is 56.8 Å². The van der Waals surface area contributed by atoms with E-state index in [1.165, 1.54) is 11.8 Å². The van der Waals surface area contributed by atoms with Crippen molar-refractivity contribution in [3.05, 3.63) is 71.5 Å². The third-order valence-corrected chi connectivity index (χ3v) is 6.45. The van der Waals surface area contributed by atoms with Gasteiger partial charge in [-0.3, -0.25) is 9.59 Å². The maximum Gasteiger partial charge on any atom is 0.338 e. The topological polar surface area (TPSA) is 115 Å². The number of rotatable bonds is 12. The fourth-order valence-electron chi connectivity index (χ4n) is 3.61. The highest BCUT2D eigenvalue weighted by Gasteiger charge is 2.26. The van der Waals surface area contributed by atoms with Gasteiger partial charge < -0.3 is 19.9 Å². The Labute approximate surface area is 221 Å². The van der Waals surface area contributed by atoms with Gasteiger partial charge in [0.15, 0.2) is 11.0 Å². The lowest BCUT2D eigenvalue weighted by atomic mass is 10.0. The maximum atomic E-state index is 12.8. The van der Waals surface area contributed by atoms with Crippen molar-refractivity contribution in [2.75, 3.05) is 17.7 Å². The Balaban J connectivity index is 1.66. The van der Waals surface area contributed by atoms with Crippen LogP contribution in [0.25, 0.3) is 0 Å². The van der Waals surface area contributed by atoms with Crippen LogP contribution in [0, 0.1) is 5.92 Å². The lowest BCUT2D eigenvalue weighted by Gasteiger charge is -2.22. The van der Waals surface area contributed by atoms with Crippen LogP contribution >= 0.6 is 11.8 Å². The summed E-state index contributed by atoms with van der Waals surface area (Å²) in [6, 6.07) is 15.3. The number of nitrogens with zero attached hydrogens (tertiary/aromatic N) is 3. The molecule has 0 bridgehead atoms. The molecular formula is C27H33N5O4S. The molecule has 9 nitrogen and oxygen atoms in total. The molecule has 10 heteroatoms. The molecule has 3 aromatic rings. The van der Waals surface area contributed by atoms with Crippen LogP contribution in [0.2, 0.25) is 0 Å². The average molecular weight is 524 g/mol. The number of carbonyl (C=O) groups is 3. The van der Waals surface area contributed by atoms with Crippen molar-refractivity contribution in [2.24, 2.45) is 5.92 Å². The Morgan fingerprint density at radius 3 is 2.41 bits per heavy atom. The predicted octanol–water partition coefficient (Wildman–Crippen LogP) is 4.72. The molecule has 0 saturated carbocycles. The molecule has 1 aromatic heterocycles. The third kappa shape index (κ3) is 7.66. The first kappa shape index (κ1) is 27.9. The van der Waals surface area contributed by atoms with Gasteiger partial charge in [-0.05, 0) is 49.6 Å².